The summed E-state index contributed by atoms with van der Waals surface area (Å²) in [5, 5.41) is 4.06. The Morgan fingerprint density at radius 3 is 3.12 bits per heavy atom. The number of aromatic nitrogens is 3. The highest BCUT2D eigenvalue weighted by Gasteiger charge is 2.13. The normalized spacial score (nSPS) is 10.6. The third kappa shape index (κ3) is 2.18. The molecule has 84 valence electrons. The molecule has 0 aliphatic heterocycles. The Balaban J connectivity index is 2.09. The minimum atomic E-state index is -0.0737. The number of hydrogen-bond acceptors (Lipinski definition) is 4. The van der Waals surface area contributed by atoms with E-state index in [4.69, 9.17) is 4.42 Å². The minimum absolute atomic E-state index is 0.0737. The van der Waals surface area contributed by atoms with Crippen LogP contribution in [0.15, 0.2) is 29.1 Å². The molecule has 0 aromatic carbocycles. The van der Waals surface area contributed by atoms with Crippen molar-refractivity contribution in [1.82, 2.24) is 14.8 Å². The zero-order valence-corrected chi connectivity index (χ0v) is 9.09. The first kappa shape index (κ1) is 10.6. The van der Waals surface area contributed by atoms with Gasteiger partial charge in [-0.25, -0.2) is 9.67 Å². The first-order chi connectivity index (χ1) is 7.81. The van der Waals surface area contributed by atoms with Crippen LogP contribution in [0.1, 0.15) is 29.7 Å². The fourth-order valence-corrected chi connectivity index (χ4v) is 1.49. The highest BCUT2D eigenvalue weighted by atomic mass is 16.3. The number of rotatable bonds is 5. The van der Waals surface area contributed by atoms with E-state index < -0.39 is 0 Å². The van der Waals surface area contributed by atoms with Gasteiger partial charge in [0, 0.05) is 6.54 Å². The second-order valence-electron chi connectivity index (χ2n) is 3.48. The van der Waals surface area contributed by atoms with Crippen molar-refractivity contribution < 1.29 is 9.21 Å². The van der Waals surface area contributed by atoms with Crippen molar-refractivity contribution in [3.8, 4) is 0 Å². The van der Waals surface area contributed by atoms with Crippen molar-refractivity contribution >= 4 is 5.78 Å². The quantitative estimate of drug-likeness (QED) is 0.718. The molecule has 0 bridgehead atoms. The first-order valence-electron chi connectivity index (χ1n) is 5.24. The Bertz CT molecular complexity index is 459. The topological polar surface area (TPSA) is 60.9 Å². The molecule has 16 heavy (non-hydrogen) atoms. The summed E-state index contributed by atoms with van der Waals surface area (Å²) in [4.78, 5) is 15.8. The van der Waals surface area contributed by atoms with Gasteiger partial charge < -0.3 is 4.42 Å². The van der Waals surface area contributed by atoms with Crippen LogP contribution >= 0.6 is 0 Å². The summed E-state index contributed by atoms with van der Waals surface area (Å²) >= 11 is 0. The number of Topliss-reactive ketones (excluding diaryl/α,β-unsaturated/α-hetero) is 1. The Morgan fingerprint density at radius 2 is 2.44 bits per heavy atom. The Hall–Kier alpha value is -1.91. The summed E-state index contributed by atoms with van der Waals surface area (Å²) in [5.41, 5.74) is 0. The number of carbonyl (C=O) groups excluding carboxylic acids is 1. The molecule has 0 fully saturated rings. The van der Waals surface area contributed by atoms with Gasteiger partial charge in [0.05, 0.1) is 12.7 Å². The monoisotopic (exact) mass is 219 g/mol. The molecule has 5 nitrogen and oxygen atoms in total. The van der Waals surface area contributed by atoms with E-state index in [0.717, 1.165) is 13.0 Å². The van der Waals surface area contributed by atoms with E-state index in [0.29, 0.717) is 11.6 Å². The molecule has 2 rings (SSSR count). The maximum Gasteiger partial charge on any atom is 0.205 e. The maximum atomic E-state index is 11.8. The minimum Gasteiger partial charge on any atom is -0.461 e. The lowest BCUT2D eigenvalue weighted by atomic mass is 10.2. The molecule has 0 aliphatic rings. The molecule has 2 heterocycles. The zero-order chi connectivity index (χ0) is 11.4. The molecule has 0 saturated heterocycles. The smallest absolute Gasteiger partial charge is 0.205 e. The van der Waals surface area contributed by atoms with Crippen LogP contribution in [-0.4, -0.2) is 20.5 Å². The summed E-state index contributed by atoms with van der Waals surface area (Å²) in [6.45, 7) is 2.83. The average Bonchev–Trinajstić information content (AvgIpc) is 2.90. The molecule has 0 N–H and O–H groups in total. The van der Waals surface area contributed by atoms with Gasteiger partial charge in [-0.2, -0.15) is 5.10 Å². The van der Waals surface area contributed by atoms with Gasteiger partial charge in [0.15, 0.2) is 5.76 Å². The summed E-state index contributed by atoms with van der Waals surface area (Å²) in [7, 11) is 0. The van der Waals surface area contributed by atoms with Gasteiger partial charge in [-0.05, 0) is 18.6 Å². The first-order valence-corrected chi connectivity index (χ1v) is 5.24. The van der Waals surface area contributed by atoms with Crippen LogP contribution in [0, 0.1) is 0 Å². The van der Waals surface area contributed by atoms with Gasteiger partial charge >= 0.3 is 0 Å². The van der Waals surface area contributed by atoms with Crippen molar-refractivity contribution in [2.75, 3.05) is 0 Å². The molecule has 0 saturated carbocycles. The number of ketones is 1. The van der Waals surface area contributed by atoms with Crippen LogP contribution in [0.5, 0.6) is 0 Å². The fourth-order valence-electron chi connectivity index (χ4n) is 1.49. The molecule has 0 radical (unpaired) electrons. The van der Waals surface area contributed by atoms with E-state index in [1.807, 2.05) is 0 Å². The molecular formula is C11H13N3O2. The van der Waals surface area contributed by atoms with E-state index in [1.165, 1.54) is 12.6 Å². The van der Waals surface area contributed by atoms with Crippen LogP contribution in [0.2, 0.25) is 0 Å². The lowest BCUT2D eigenvalue weighted by molar-refractivity contribution is 0.0962. The summed E-state index contributed by atoms with van der Waals surface area (Å²) < 4.78 is 6.79. The third-order valence-corrected chi connectivity index (χ3v) is 2.25. The lowest BCUT2D eigenvalue weighted by Gasteiger charge is -2.02. The van der Waals surface area contributed by atoms with Gasteiger partial charge in [-0.3, -0.25) is 4.79 Å². The number of carbonyl (C=O) groups is 1. The van der Waals surface area contributed by atoms with Crippen LogP contribution < -0.4 is 0 Å². The van der Waals surface area contributed by atoms with Crippen molar-refractivity contribution in [3.63, 3.8) is 0 Å². The predicted octanol–water partition coefficient (Wildman–Crippen LogP) is 1.71. The standard InChI is InChI=1S/C11H13N3O2/c1-2-5-14-11(12-8-13-14)7-9(15)10-4-3-6-16-10/h3-4,6,8H,2,5,7H2,1H3. The lowest BCUT2D eigenvalue weighted by Crippen LogP contribution is -2.11. The highest BCUT2D eigenvalue weighted by Crippen LogP contribution is 2.06. The number of nitrogens with zero attached hydrogens (tertiary/aromatic N) is 3. The Labute approximate surface area is 93.1 Å². The number of furan rings is 1. The predicted molar refractivity (Wildman–Crippen MR) is 57.1 cm³/mol. The van der Waals surface area contributed by atoms with Crippen LogP contribution in [-0.2, 0) is 13.0 Å². The van der Waals surface area contributed by atoms with Crippen LogP contribution in [0.4, 0.5) is 0 Å². The molecular weight excluding hydrogens is 206 g/mol. The van der Waals surface area contributed by atoms with Crippen molar-refractivity contribution in [2.45, 2.75) is 26.3 Å². The van der Waals surface area contributed by atoms with E-state index in [2.05, 4.69) is 17.0 Å². The SMILES string of the molecule is CCCn1ncnc1CC(=O)c1ccco1. The van der Waals surface area contributed by atoms with Gasteiger partial charge in [-0.15, -0.1) is 0 Å². The second kappa shape index (κ2) is 4.74. The molecule has 2 aromatic rings. The zero-order valence-electron chi connectivity index (χ0n) is 9.09. The summed E-state index contributed by atoms with van der Waals surface area (Å²) in [6, 6.07) is 3.35. The van der Waals surface area contributed by atoms with Crippen molar-refractivity contribution in [3.05, 3.63) is 36.3 Å². The molecule has 0 amide bonds. The molecule has 5 heteroatoms. The van der Waals surface area contributed by atoms with Gasteiger partial charge in [0.2, 0.25) is 5.78 Å². The molecule has 0 spiro atoms. The largest absolute Gasteiger partial charge is 0.461 e. The molecule has 2 aromatic heterocycles. The summed E-state index contributed by atoms with van der Waals surface area (Å²) in [6.07, 6.45) is 4.16. The van der Waals surface area contributed by atoms with E-state index in [1.54, 1.807) is 16.8 Å². The average molecular weight is 219 g/mol. The van der Waals surface area contributed by atoms with Gasteiger partial charge in [-0.1, -0.05) is 6.92 Å². The van der Waals surface area contributed by atoms with Crippen LogP contribution in [0.25, 0.3) is 0 Å². The summed E-state index contributed by atoms with van der Waals surface area (Å²) in [5.74, 6) is 0.977. The van der Waals surface area contributed by atoms with Crippen molar-refractivity contribution in [2.24, 2.45) is 0 Å². The maximum absolute atomic E-state index is 11.8. The van der Waals surface area contributed by atoms with Crippen LogP contribution in [0.3, 0.4) is 0 Å². The van der Waals surface area contributed by atoms with E-state index in [9.17, 15) is 4.79 Å². The van der Waals surface area contributed by atoms with E-state index >= 15 is 0 Å². The van der Waals surface area contributed by atoms with E-state index in [-0.39, 0.29) is 12.2 Å². The Morgan fingerprint density at radius 1 is 1.56 bits per heavy atom. The fraction of sp³-hybridized carbons (Fsp3) is 0.364. The molecule has 0 atom stereocenters. The number of hydrogen-bond donors (Lipinski definition) is 0. The molecule has 0 aliphatic carbocycles. The molecule has 0 unspecified atom stereocenters. The van der Waals surface area contributed by atoms with Crippen molar-refractivity contribution in [1.29, 1.82) is 0 Å². The second-order valence-corrected chi connectivity index (χ2v) is 3.48. The van der Waals surface area contributed by atoms with Gasteiger partial charge in [0.25, 0.3) is 0 Å². The third-order valence-electron chi connectivity index (χ3n) is 2.25. The van der Waals surface area contributed by atoms with Gasteiger partial charge in [0.1, 0.15) is 12.2 Å². The highest BCUT2D eigenvalue weighted by molar-refractivity contribution is 5.94. The number of aryl methyl sites for hydroxylation is 1. The Kier molecular flexibility index (Phi) is 3.14.